The third-order valence-corrected chi connectivity index (χ3v) is 2.57. The van der Waals surface area contributed by atoms with Gasteiger partial charge in [-0.2, -0.15) is 18.3 Å². The van der Waals surface area contributed by atoms with E-state index in [1.807, 2.05) is 6.92 Å². The number of nitrogens with zero attached hydrogens (tertiary/aromatic N) is 2. The lowest BCUT2D eigenvalue weighted by Gasteiger charge is -2.06. The number of nitrogens with one attached hydrogen (secondary N) is 1. The van der Waals surface area contributed by atoms with Gasteiger partial charge in [0.15, 0.2) is 0 Å². The van der Waals surface area contributed by atoms with Gasteiger partial charge < -0.3 is 9.73 Å². The Morgan fingerprint density at radius 1 is 1.50 bits per heavy atom. The van der Waals surface area contributed by atoms with Crippen molar-refractivity contribution < 1.29 is 22.4 Å². The average molecular weight is 287 g/mol. The van der Waals surface area contributed by atoms with Gasteiger partial charge >= 0.3 is 6.18 Å². The Kier molecular flexibility index (Phi) is 3.56. The molecule has 0 unspecified atom stereocenters. The van der Waals surface area contributed by atoms with Crippen LogP contribution in [0.1, 0.15) is 28.8 Å². The number of furan rings is 1. The lowest BCUT2D eigenvalue weighted by Crippen LogP contribution is -2.16. The maximum Gasteiger partial charge on any atom is 0.450 e. The van der Waals surface area contributed by atoms with Crippen LogP contribution in [0.2, 0.25) is 0 Å². The molecule has 1 N–H and O–H groups in total. The zero-order valence-electron chi connectivity index (χ0n) is 10.8. The number of carbonyl (C=O) groups excluding carboxylic acids is 1. The van der Waals surface area contributed by atoms with Crippen LogP contribution in [-0.2, 0) is 12.7 Å². The van der Waals surface area contributed by atoms with E-state index in [4.69, 9.17) is 0 Å². The van der Waals surface area contributed by atoms with Crippen molar-refractivity contribution >= 4 is 11.6 Å². The Morgan fingerprint density at radius 3 is 2.75 bits per heavy atom. The fraction of sp³-hybridized carbons (Fsp3) is 0.333. The van der Waals surface area contributed by atoms with Gasteiger partial charge in [-0.1, -0.05) is 0 Å². The molecule has 0 bridgehead atoms. The molecule has 1 amide bonds. The van der Waals surface area contributed by atoms with Crippen molar-refractivity contribution in [1.82, 2.24) is 9.78 Å². The number of aryl methyl sites for hydroxylation is 2. The lowest BCUT2D eigenvalue weighted by atomic mass is 10.2. The summed E-state index contributed by atoms with van der Waals surface area (Å²) in [5.74, 6) is -2.16. The zero-order chi connectivity index (χ0) is 14.9. The molecule has 5 nitrogen and oxygen atoms in total. The van der Waals surface area contributed by atoms with Crippen molar-refractivity contribution in [1.29, 1.82) is 0 Å². The molecule has 0 aliphatic heterocycles. The monoisotopic (exact) mass is 287 g/mol. The van der Waals surface area contributed by atoms with E-state index in [1.165, 1.54) is 19.3 Å². The molecule has 0 aromatic carbocycles. The molecule has 2 rings (SSSR count). The summed E-state index contributed by atoms with van der Waals surface area (Å²) in [5.41, 5.74) is -0.219. The summed E-state index contributed by atoms with van der Waals surface area (Å²) in [7, 11) is 0. The summed E-state index contributed by atoms with van der Waals surface area (Å²) in [5, 5.41) is 6.27. The Labute approximate surface area is 112 Å². The quantitative estimate of drug-likeness (QED) is 0.943. The second-order valence-electron chi connectivity index (χ2n) is 4.14. The first-order valence-electron chi connectivity index (χ1n) is 5.82. The molecule has 0 aliphatic carbocycles. The number of hydrogen-bond acceptors (Lipinski definition) is 3. The van der Waals surface area contributed by atoms with Crippen molar-refractivity contribution in [3.8, 4) is 0 Å². The van der Waals surface area contributed by atoms with E-state index in [0.717, 1.165) is 6.07 Å². The normalized spacial score (nSPS) is 11.7. The average Bonchev–Trinajstić information content (AvgIpc) is 2.94. The second-order valence-corrected chi connectivity index (χ2v) is 4.14. The van der Waals surface area contributed by atoms with Crippen LogP contribution < -0.4 is 5.32 Å². The molecule has 0 atom stereocenters. The van der Waals surface area contributed by atoms with Gasteiger partial charge in [0.2, 0.25) is 5.76 Å². The predicted molar refractivity (Wildman–Crippen MR) is 64.3 cm³/mol. The number of alkyl halides is 3. The van der Waals surface area contributed by atoms with Gasteiger partial charge in [0.1, 0.15) is 5.76 Å². The van der Waals surface area contributed by atoms with Gasteiger partial charge in [-0.15, -0.1) is 0 Å². The Balaban J connectivity index is 2.25. The highest BCUT2D eigenvalue weighted by Gasteiger charge is 2.40. The molecule has 108 valence electrons. The first kappa shape index (κ1) is 14.2. The fourth-order valence-electron chi connectivity index (χ4n) is 1.69. The molecule has 0 saturated heterocycles. The van der Waals surface area contributed by atoms with E-state index in [2.05, 4.69) is 14.8 Å². The molecule has 8 heteroatoms. The van der Waals surface area contributed by atoms with Crippen LogP contribution in [0.5, 0.6) is 0 Å². The topological polar surface area (TPSA) is 60.1 Å². The third-order valence-electron chi connectivity index (χ3n) is 2.57. The fourth-order valence-corrected chi connectivity index (χ4v) is 1.69. The van der Waals surface area contributed by atoms with E-state index in [-0.39, 0.29) is 5.76 Å². The summed E-state index contributed by atoms with van der Waals surface area (Å²) in [6, 6.07) is 1.06. The summed E-state index contributed by atoms with van der Waals surface area (Å²) in [6.45, 7) is 3.79. The van der Waals surface area contributed by atoms with E-state index in [9.17, 15) is 18.0 Å². The molecular formula is C12H12F3N3O2. The zero-order valence-corrected chi connectivity index (χ0v) is 10.8. The molecule has 0 radical (unpaired) electrons. The second kappa shape index (κ2) is 5.03. The van der Waals surface area contributed by atoms with Gasteiger partial charge in [-0.25, -0.2) is 0 Å². The summed E-state index contributed by atoms with van der Waals surface area (Å²) in [6.07, 6.45) is -1.83. The van der Waals surface area contributed by atoms with Crippen LogP contribution in [-0.4, -0.2) is 15.7 Å². The smallest absolute Gasteiger partial charge is 0.450 e. The van der Waals surface area contributed by atoms with Crippen molar-refractivity contribution in [2.24, 2.45) is 0 Å². The van der Waals surface area contributed by atoms with Crippen LogP contribution >= 0.6 is 0 Å². The number of aromatic nitrogens is 2. The summed E-state index contributed by atoms with van der Waals surface area (Å²) >= 11 is 0. The number of anilines is 1. The molecule has 2 aromatic rings. The van der Waals surface area contributed by atoms with Gasteiger partial charge in [-0.3, -0.25) is 9.48 Å². The minimum atomic E-state index is -4.71. The number of rotatable bonds is 3. The van der Waals surface area contributed by atoms with Crippen LogP contribution in [0.4, 0.5) is 18.9 Å². The standard InChI is InChI=1S/C12H12F3N3O2/c1-3-18-6-8(5-16-18)17-11(19)9-4-7(2)20-10(9)12(13,14)15/h4-6H,3H2,1-2H3,(H,17,19). The highest BCUT2D eigenvalue weighted by Crippen LogP contribution is 2.34. The largest absolute Gasteiger partial charge is 0.456 e. The molecule has 0 spiro atoms. The molecule has 2 aromatic heterocycles. The highest BCUT2D eigenvalue weighted by atomic mass is 19.4. The van der Waals surface area contributed by atoms with Crippen LogP contribution in [0.25, 0.3) is 0 Å². The summed E-state index contributed by atoms with van der Waals surface area (Å²) < 4.78 is 44.3. The maximum atomic E-state index is 12.7. The predicted octanol–water partition coefficient (Wildman–Crippen LogP) is 3.08. The highest BCUT2D eigenvalue weighted by molar-refractivity contribution is 6.05. The first-order chi connectivity index (χ1) is 9.31. The molecule has 0 saturated carbocycles. The van der Waals surface area contributed by atoms with Crippen molar-refractivity contribution in [2.75, 3.05) is 5.32 Å². The van der Waals surface area contributed by atoms with E-state index in [0.29, 0.717) is 12.2 Å². The number of amides is 1. The number of carbonyl (C=O) groups is 1. The van der Waals surface area contributed by atoms with Gasteiger partial charge in [0, 0.05) is 12.7 Å². The molecule has 2 heterocycles. The molecule has 0 fully saturated rings. The van der Waals surface area contributed by atoms with Crippen molar-refractivity contribution in [2.45, 2.75) is 26.6 Å². The van der Waals surface area contributed by atoms with E-state index in [1.54, 1.807) is 4.68 Å². The van der Waals surface area contributed by atoms with Gasteiger partial charge in [0.25, 0.3) is 5.91 Å². The Morgan fingerprint density at radius 2 is 2.20 bits per heavy atom. The molecule has 20 heavy (non-hydrogen) atoms. The molecule has 0 aliphatic rings. The van der Waals surface area contributed by atoms with E-state index >= 15 is 0 Å². The van der Waals surface area contributed by atoms with E-state index < -0.39 is 23.4 Å². The number of halogens is 3. The minimum absolute atomic E-state index is 0.0201. The molecular weight excluding hydrogens is 275 g/mol. The minimum Gasteiger partial charge on any atom is -0.456 e. The van der Waals surface area contributed by atoms with Crippen LogP contribution in [0, 0.1) is 6.92 Å². The summed E-state index contributed by atoms with van der Waals surface area (Å²) in [4.78, 5) is 11.9. The Bertz CT molecular complexity index is 628. The number of hydrogen-bond donors (Lipinski definition) is 1. The third kappa shape index (κ3) is 2.84. The van der Waals surface area contributed by atoms with Gasteiger partial charge in [0.05, 0.1) is 17.4 Å². The van der Waals surface area contributed by atoms with Crippen LogP contribution in [0.15, 0.2) is 22.9 Å². The lowest BCUT2D eigenvalue weighted by molar-refractivity contribution is -0.153. The maximum absolute atomic E-state index is 12.7. The van der Waals surface area contributed by atoms with Crippen LogP contribution in [0.3, 0.4) is 0 Å². The van der Waals surface area contributed by atoms with Crippen molar-refractivity contribution in [3.05, 3.63) is 35.5 Å². The van der Waals surface area contributed by atoms with Gasteiger partial charge in [-0.05, 0) is 19.9 Å². The Hall–Kier alpha value is -2.25. The van der Waals surface area contributed by atoms with Crippen molar-refractivity contribution in [3.63, 3.8) is 0 Å². The first-order valence-corrected chi connectivity index (χ1v) is 5.82. The SMILES string of the molecule is CCn1cc(NC(=O)c2cc(C)oc2C(F)(F)F)cn1.